The average Bonchev–Trinajstić information content (AvgIpc) is 2.85. The Morgan fingerprint density at radius 1 is 0.848 bits per heavy atom. The molecule has 0 aliphatic carbocycles. The molecule has 0 spiro atoms. The first kappa shape index (κ1) is 21.8. The molecule has 1 N–H and O–H groups in total. The molecule has 0 atom stereocenters. The highest BCUT2D eigenvalue weighted by Gasteiger charge is 2.20. The molecule has 11 heteroatoms. The van der Waals surface area contributed by atoms with E-state index in [1.165, 1.54) is 6.42 Å². The summed E-state index contributed by atoms with van der Waals surface area (Å²) in [6.07, 6.45) is 3.55. The van der Waals surface area contributed by atoms with Gasteiger partial charge in [-0.25, -0.2) is 0 Å². The van der Waals surface area contributed by atoms with Crippen molar-refractivity contribution in [1.82, 2.24) is 10.2 Å². The Hall–Kier alpha value is -4.41. The molecule has 168 valence electrons. The van der Waals surface area contributed by atoms with E-state index in [4.69, 9.17) is 0 Å². The number of nitro groups is 2. The largest absolute Gasteiger partial charge is 0.355 e. The van der Waals surface area contributed by atoms with Crippen LogP contribution in [0, 0.1) is 20.2 Å². The van der Waals surface area contributed by atoms with Crippen LogP contribution in [0.5, 0.6) is 0 Å². The van der Waals surface area contributed by atoms with E-state index in [9.17, 15) is 25.0 Å². The van der Waals surface area contributed by atoms with Crippen LogP contribution in [-0.4, -0.2) is 39.0 Å². The normalized spacial score (nSPS) is 13.4. The molecule has 33 heavy (non-hydrogen) atoms. The summed E-state index contributed by atoms with van der Waals surface area (Å²) in [4.78, 5) is 35.2. The van der Waals surface area contributed by atoms with Crippen molar-refractivity contribution < 1.29 is 14.6 Å². The zero-order valence-corrected chi connectivity index (χ0v) is 17.5. The van der Waals surface area contributed by atoms with Gasteiger partial charge in [0.25, 0.3) is 17.3 Å². The second-order valence-electron chi connectivity index (χ2n) is 7.61. The van der Waals surface area contributed by atoms with E-state index in [2.05, 4.69) is 20.4 Å². The van der Waals surface area contributed by atoms with E-state index in [1.807, 2.05) is 12.1 Å². The molecule has 2 aromatic carbocycles. The summed E-state index contributed by atoms with van der Waals surface area (Å²) in [5.41, 5.74) is 0.669. The van der Waals surface area contributed by atoms with Crippen LogP contribution in [0.3, 0.4) is 0 Å². The minimum Gasteiger partial charge on any atom is -0.355 e. The summed E-state index contributed by atoms with van der Waals surface area (Å²) >= 11 is 0. The lowest BCUT2D eigenvalue weighted by atomic mass is 10.1. The molecule has 0 radical (unpaired) electrons. The van der Waals surface area contributed by atoms with Gasteiger partial charge in [0.05, 0.1) is 27.2 Å². The number of nitro benzene ring substituents is 2. The molecule has 2 heterocycles. The summed E-state index contributed by atoms with van der Waals surface area (Å²) in [7, 11) is 0. The minimum absolute atomic E-state index is 0.181. The van der Waals surface area contributed by atoms with Crippen LogP contribution in [-0.2, 0) is 0 Å². The second kappa shape index (κ2) is 9.39. The van der Waals surface area contributed by atoms with E-state index < -0.39 is 27.1 Å². The Labute approximate surface area is 188 Å². The molecule has 1 saturated heterocycles. The minimum atomic E-state index is -0.782. The van der Waals surface area contributed by atoms with Crippen molar-refractivity contribution in [3.63, 3.8) is 0 Å². The molecule has 1 aromatic heterocycles. The molecule has 0 unspecified atom stereocenters. The predicted octanol–water partition coefficient (Wildman–Crippen LogP) is 4.20. The van der Waals surface area contributed by atoms with Gasteiger partial charge >= 0.3 is 0 Å². The maximum atomic E-state index is 12.5. The van der Waals surface area contributed by atoms with Crippen LogP contribution in [0.1, 0.15) is 29.6 Å². The van der Waals surface area contributed by atoms with Gasteiger partial charge in [-0.15, -0.1) is 10.2 Å². The molecule has 1 aliphatic heterocycles. The summed E-state index contributed by atoms with van der Waals surface area (Å²) in [5, 5.41) is 33.3. The van der Waals surface area contributed by atoms with Crippen molar-refractivity contribution >= 4 is 28.8 Å². The number of rotatable bonds is 6. The number of carbonyl (C=O) groups is 1. The third kappa shape index (κ3) is 5.09. The molecule has 11 nitrogen and oxygen atoms in total. The SMILES string of the molecule is O=C(Nc1ccc(-c2ccc(N3CCCCC3)nn2)cc1)c1cc([N+](=O)[O-])cc([N+](=O)[O-])c1. The first-order valence-electron chi connectivity index (χ1n) is 10.3. The summed E-state index contributed by atoms with van der Waals surface area (Å²) in [6.45, 7) is 1.96. The van der Waals surface area contributed by atoms with Crippen LogP contribution in [0.25, 0.3) is 11.3 Å². The topological polar surface area (TPSA) is 144 Å². The van der Waals surface area contributed by atoms with Gasteiger partial charge in [-0.1, -0.05) is 12.1 Å². The van der Waals surface area contributed by atoms with E-state index in [0.29, 0.717) is 11.4 Å². The molecule has 1 aliphatic rings. The lowest BCUT2D eigenvalue weighted by Gasteiger charge is -2.27. The van der Waals surface area contributed by atoms with Gasteiger partial charge in [0.15, 0.2) is 5.82 Å². The molecule has 1 fully saturated rings. The maximum absolute atomic E-state index is 12.5. The zero-order valence-electron chi connectivity index (χ0n) is 17.5. The van der Waals surface area contributed by atoms with Gasteiger partial charge in [-0.3, -0.25) is 25.0 Å². The number of nitrogens with zero attached hydrogens (tertiary/aromatic N) is 5. The highest BCUT2D eigenvalue weighted by molar-refractivity contribution is 6.05. The number of carbonyl (C=O) groups excluding carboxylic acids is 1. The smallest absolute Gasteiger partial charge is 0.277 e. The number of anilines is 2. The predicted molar refractivity (Wildman–Crippen MR) is 121 cm³/mol. The van der Waals surface area contributed by atoms with Gasteiger partial charge < -0.3 is 10.2 Å². The lowest BCUT2D eigenvalue weighted by molar-refractivity contribution is -0.394. The van der Waals surface area contributed by atoms with E-state index in [0.717, 1.165) is 55.5 Å². The fraction of sp³-hybridized carbons (Fsp3) is 0.227. The molecule has 4 rings (SSSR count). The number of hydrogen-bond donors (Lipinski definition) is 1. The fourth-order valence-corrected chi connectivity index (χ4v) is 3.64. The number of non-ortho nitro benzene ring substituents is 2. The Kier molecular flexibility index (Phi) is 6.20. The summed E-state index contributed by atoms with van der Waals surface area (Å²) in [6, 6.07) is 13.5. The van der Waals surface area contributed by atoms with Crippen LogP contribution in [0.2, 0.25) is 0 Å². The highest BCUT2D eigenvalue weighted by Crippen LogP contribution is 2.25. The van der Waals surface area contributed by atoms with Crippen LogP contribution in [0.4, 0.5) is 22.9 Å². The van der Waals surface area contributed by atoms with Crippen molar-refractivity contribution in [2.24, 2.45) is 0 Å². The Morgan fingerprint density at radius 3 is 2.03 bits per heavy atom. The van der Waals surface area contributed by atoms with Crippen molar-refractivity contribution in [3.05, 3.63) is 80.4 Å². The van der Waals surface area contributed by atoms with Gasteiger partial charge in [-0.2, -0.15) is 0 Å². The van der Waals surface area contributed by atoms with E-state index in [-0.39, 0.29) is 5.56 Å². The first-order chi connectivity index (χ1) is 15.9. The van der Waals surface area contributed by atoms with Crippen molar-refractivity contribution in [1.29, 1.82) is 0 Å². The Bertz CT molecular complexity index is 1160. The number of amides is 1. The molecule has 3 aromatic rings. The van der Waals surface area contributed by atoms with Crippen molar-refractivity contribution in [2.45, 2.75) is 19.3 Å². The van der Waals surface area contributed by atoms with Crippen molar-refractivity contribution in [3.8, 4) is 11.3 Å². The third-order valence-electron chi connectivity index (χ3n) is 5.36. The Balaban J connectivity index is 1.47. The number of nitrogens with one attached hydrogen (secondary N) is 1. The number of aromatic nitrogens is 2. The maximum Gasteiger partial charge on any atom is 0.277 e. The number of benzene rings is 2. The standard InChI is InChI=1S/C22H20N6O5/c29-22(16-12-18(27(30)31)14-19(13-16)28(32)33)23-17-6-4-15(5-7-17)20-8-9-21(25-24-20)26-10-2-1-3-11-26/h4-9,12-14H,1-3,10-11H2,(H,23,29). The second-order valence-corrected chi connectivity index (χ2v) is 7.61. The molecule has 0 bridgehead atoms. The molecule has 0 saturated carbocycles. The number of piperidine rings is 1. The third-order valence-corrected chi connectivity index (χ3v) is 5.36. The van der Waals surface area contributed by atoms with Crippen LogP contribution >= 0.6 is 0 Å². The quantitative estimate of drug-likeness (QED) is 0.436. The molecular weight excluding hydrogens is 428 g/mol. The van der Waals surface area contributed by atoms with E-state index >= 15 is 0 Å². The molecular formula is C22H20N6O5. The highest BCUT2D eigenvalue weighted by atomic mass is 16.6. The zero-order chi connectivity index (χ0) is 23.4. The summed E-state index contributed by atoms with van der Waals surface area (Å²) in [5.74, 6) is 0.161. The lowest BCUT2D eigenvalue weighted by Crippen LogP contribution is -2.30. The summed E-state index contributed by atoms with van der Waals surface area (Å²) < 4.78 is 0. The van der Waals surface area contributed by atoms with Gasteiger partial charge in [0.2, 0.25) is 0 Å². The van der Waals surface area contributed by atoms with Crippen molar-refractivity contribution in [2.75, 3.05) is 23.3 Å². The monoisotopic (exact) mass is 448 g/mol. The van der Waals surface area contributed by atoms with Gasteiger partial charge in [0, 0.05) is 36.5 Å². The Morgan fingerprint density at radius 2 is 1.48 bits per heavy atom. The first-order valence-corrected chi connectivity index (χ1v) is 10.3. The number of hydrogen-bond acceptors (Lipinski definition) is 8. The fourth-order valence-electron chi connectivity index (χ4n) is 3.64. The van der Waals surface area contributed by atoms with Crippen LogP contribution < -0.4 is 10.2 Å². The van der Waals surface area contributed by atoms with Gasteiger partial charge in [0.1, 0.15) is 0 Å². The average molecular weight is 448 g/mol. The van der Waals surface area contributed by atoms with Gasteiger partial charge in [-0.05, 0) is 43.5 Å². The molecule has 1 amide bonds. The van der Waals surface area contributed by atoms with E-state index in [1.54, 1.807) is 24.3 Å². The van der Waals surface area contributed by atoms with Crippen LogP contribution in [0.15, 0.2) is 54.6 Å².